The number of hydrogen-bond donors (Lipinski definition) is 2. The molecule has 1 aromatic heterocycles. The van der Waals surface area contributed by atoms with E-state index in [-0.39, 0.29) is 18.3 Å². The van der Waals surface area contributed by atoms with Crippen LogP contribution in [0, 0.1) is 25.7 Å². The van der Waals surface area contributed by atoms with Crippen LogP contribution >= 0.6 is 0 Å². The van der Waals surface area contributed by atoms with Crippen LogP contribution in [0.5, 0.6) is 0 Å². The second kappa shape index (κ2) is 6.73. The van der Waals surface area contributed by atoms with Gasteiger partial charge in [0.15, 0.2) is 0 Å². The maximum Gasteiger partial charge on any atom is 0.294 e. The van der Waals surface area contributed by atoms with Gasteiger partial charge in [-0.25, -0.2) is 0 Å². The molecule has 21 heavy (non-hydrogen) atoms. The van der Waals surface area contributed by atoms with Crippen LogP contribution in [0.4, 0.5) is 5.69 Å². The fourth-order valence-corrected chi connectivity index (χ4v) is 1.85. The molecular weight excluding hydrogens is 268 g/mol. The van der Waals surface area contributed by atoms with Crippen molar-refractivity contribution in [1.82, 2.24) is 5.16 Å². The number of rotatable bonds is 3. The summed E-state index contributed by atoms with van der Waals surface area (Å²) in [4.78, 5) is 12.1. The number of carbonyl (C=O) groups is 1. The van der Waals surface area contributed by atoms with E-state index in [2.05, 4.69) is 22.3 Å². The van der Waals surface area contributed by atoms with Gasteiger partial charge in [0.05, 0.1) is 12.8 Å². The fraction of sp³-hybridized carbons (Fsp3) is 0.250. The number of hydrogen-bond acceptors (Lipinski definition) is 4. The first-order valence-electron chi connectivity index (χ1n) is 6.54. The van der Waals surface area contributed by atoms with Gasteiger partial charge in [0.2, 0.25) is 5.76 Å². The summed E-state index contributed by atoms with van der Waals surface area (Å²) in [5.41, 5.74) is 3.09. The first-order valence-corrected chi connectivity index (χ1v) is 6.54. The van der Waals surface area contributed by atoms with E-state index in [1.165, 1.54) is 6.20 Å². The maximum atomic E-state index is 12.1. The molecule has 1 heterocycles. The second-order valence-electron chi connectivity index (χ2n) is 4.66. The lowest BCUT2D eigenvalue weighted by molar-refractivity contribution is 0.0987. The maximum absolute atomic E-state index is 12.1. The van der Waals surface area contributed by atoms with Gasteiger partial charge >= 0.3 is 0 Å². The largest absolute Gasteiger partial charge is 0.395 e. The summed E-state index contributed by atoms with van der Waals surface area (Å²) in [6.07, 6.45) is 1.92. The Labute approximate surface area is 123 Å². The van der Waals surface area contributed by atoms with Crippen LogP contribution in [0.3, 0.4) is 0 Å². The molecule has 2 rings (SSSR count). The van der Waals surface area contributed by atoms with Crippen LogP contribution in [0.25, 0.3) is 0 Å². The topological polar surface area (TPSA) is 75.4 Å². The SMILES string of the molecule is Cc1cc(C#CCCO)cc(NC(=O)c2oncc2C)c1. The smallest absolute Gasteiger partial charge is 0.294 e. The van der Waals surface area contributed by atoms with Crippen LogP contribution in [-0.4, -0.2) is 22.8 Å². The Bertz CT molecular complexity index is 708. The average Bonchev–Trinajstić information content (AvgIpc) is 2.85. The van der Waals surface area contributed by atoms with Crippen molar-refractivity contribution in [3.8, 4) is 11.8 Å². The van der Waals surface area contributed by atoms with Gasteiger partial charge in [0.1, 0.15) is 0 Å². The Morgan fingerprint density at radius 2 is 2.19 bits per heavy atom. The number of nitrogens with zero attached hydrogens (tertiary/aromatic N) is 1. The van der Waals surface area contributed by atoms with Crippen LogP contribution in [0.1, 0.15) is 33.7 Å². The van der Waals surface area contributed by atoms with E-state index >= 15 is 0 Å². The zero-order valence-electron chi connectivity index (χ0n) is 11.9. The molecule has 0 aliphatic rings. The summed E-state index contributed by atoms with van der Waals surface area (Å²) >= 11 is 0. The number of aromatic nitrogens is 1. The fourth-order valence-electron chi connectivity index (χ4n) is 1.85. The molecule has 1 aromatic carbocycles. The van der Waals surface area contributed by atoms with Crippen LogP contribution in [0.15, 0.2) is 28.9 Å². The second-order valence-corrected chi connectivity index (χ2v) is 4.66. The molecule has 0 atom stereocenters. The van der Waals surface area contributed by atoms with Gasteiger partial charge < -0.3 is 14.9 Å². The summed E-state index contributed by atoms with van der Waals surface area (Å²) in [5.74, 6) is 5.66. The number of anilines is 1. The van der Waals surface area contributed by atoms with Crippen LogP contribution in [0.2, 0.25) is 0 Å². The minimum Gasteiger partial charge on any atom is -0.395 e. The van der Waals surface area contributed by atoms with E-state index in [9.17, 15) is 4.79 Å². The van der Waals surface area contributed by atoms with E-state index in [0.717, 1.165) is 11.1 Å². The number of amides is 1. The third-order valence-corrected chi connectivity index (χ3v) is 2.76. The van der Waals surface area contributed by atoms with Crippen molar-refractivity contribution in [3.63, 3.8) is 0 Å². The number of aliphatic hydroxyl groups is 1. The summed E-state index contributed by atoms with van der Waals surface area (Å²) in [6.45, 7) is 3.72. The minimum atomic E-state index is -0.343. The summed E-state index contributed by atoms with van der Waals surface area (Å²) < 4.78 is 4.92. The molecule has 0 saturated heterocycles. The van der Waals surface area contributed by atoms with Crippen molar-refractivity contribution >= 4 is 11.6 Å². The Kier molecular flexibility index (Phi) is 4.75. The lowest BCUT2D eigenvalue weighted by atomic mass is 10.1. The average molecular weight is 284 g/mol. The molecule has 2 N–H and O–H groups in total. The zero-order chi connectivity index (χ0) is 15.2. The van der Waals surface area contributed by atoms with Gasteiger partial charge in [-0.2, -0.15) is 0 Å². The molecule has 0 unspecified atom stereocenters. The molecule has 2 aromatic rings. The highest BCUT2D eigenvalue weighted by molar-refractivity contribution is 6.03. The van der Waals surface area contributed by atoms with E-state index in [1.54, 1.807) is 13.0 Å². The summed E-state index contributed by atoms with van der Waals surface area (Å²) in [5, 5.41) is 15.1. The van der Waals surface area contributed by atoms with Gasteiger partial charge in [-0.15, -0.1) is 0 Å². The normalized spacial score (nSPS) is 9.86. The Hall–Kier alpha value is -2.58. The predicted molar refractivity (Wildman–Crippen MR) is 79.0 cm³/mol. The Balaban J connectivity index is 2.19. The van der Waals surface area contributed by atoms with Crippen molar-refractivity contribution in [2.75, 3.05) is 11.9 Å². The molecule has 0 saturated carbocycles. The van der Waals surface area contributed by atoms with E-state index in [4.69, 9.17) is 9.63 Å². The first-order chi connectivity index (χ1) is 10.1. The first kappa shape index (κ1) is 14.8. The molecule has 5 heteroatoms. The molecule has 0 radical (unpaired) electrons. The molecule has 0 spiro atoms. The standard InChI is InChI=1S/C16H16N2O3/c1-11-7-13(5-3-4-6-19)9-14(8-11)18-16(20)15-12(2)10-17-21-15/h7-10,19H,4,6H2,1-2H3,(H,18,20). The van der Waals surface area contributed by atoms with Gasteiger partial charge in [-0.05, 0) is 37.6 Å². The van der Waals surface area contributed by atoms with Crippen molar-refractivity contribution < 1.29 is 14.4 Å². The highest BCUT2D eigenvalue weighted by Crippen LogP contribution is 2.16. The number of nitrogens with one attached hydrogen (secondary N) is 1. The van der Waals surface area contributed by atoms with Crippen LogP contribution in [-0.2, 0) is 0 Å². The number of aliphatic hydroxyl groups excluding tert-OH is 1. The molecule has 1 amide bonds. The highest BCUT2D eigenvalue weighted by atomic mass is 16.5. The van der Waals surface area contributed by atoms with Crippen LogP contribution < -0.4 is 5.32 Å². The molecule has 0 bridgehead atoms. The molecule has 5 nitrogen and oxygen atoms in total. The third-order valence-electron chi connectivity index (χ3n) is 2.76. The lowest BCUT2D eigenvalue weighted by Gasteiger charge is -2.05. The van der Waals surface area contributed by atoms with E-state index in [1.807, 2.05) is 19.1 Å². The Morgan fingerprint density at radius 1 is 1.38 bits per heavy atom. The quantitative estimate of drug-likeness (QED) is 0.848. The van der Waals surface area contributed by atoms with E-state index < -0.39 is 0 Å². The molecular formula is C16H16N2O3. The van der Waals surface area contributed by atoms with Gasteiger partial charge in [0, 0.05) is 23.2 Å². The number of aryl methyl sites for hydroxylation is 2. The minimum absolute atomic E-state index is 0.0349. The number of carbonyl (C=O) groups excluding carboxylic acids is 1. The van der Waals surface area contributed by atoms with Crippen molar-refractivity contribution in [3.05, 3.63) is 46.8 Å². The molecule has 0 aliphatic carbocycles. The monoisotopic (exact) mass is 284 g/mol. The zero-order valence-corrected chi connectivity index (χ0v) is 11.9. The van der Waals surface area contributed by atoms with Crippen molar-refractivity contribution in [2.45, 2.75) is 20.3 Å². The van der Waals surface area contributed by atoms with Crippen molar-refractivity contribution in [2.24, 2.45) is 0 Å². The summed E-state index contributed by atoms with van der Waals surface area (Å²) in [6, 6.07) is 5.54. The molecule has 0 aliphatic heterocycles. The molecule has 0 fully saturated rings. The van der Waals surface area contributed by atoms with Gasteiger partial charge in [-0.1, -0.05) is 17.0 Å². The van der Waals surface area contributed by atoms with Gasteiger partial charge in [-0.3, -0.25) is 4.79 Å². The highest BCUT2D eigenvalue weighted by Gasteiger charge is 2.14. The summed E-state index contributed by atoms with van der Waals surface area (Å²) in [7, 11) is 0. The number of benzene rings is 1. The van der Waals surface area contributed by atoms with E-state index in [0.29, 0.717) is 17.7 Å². The predicted octanol–water partition coefficient (Wildman–Crippen LogP) is 2.28. The lowest BCUT2D eigenvalue weighted by Crippen LogP contribution is -2.12. The van der Waals surface area contributed by atoms with Crippen molar-refractivity contribution in [1.29, 1.82) is 0 Å². The third kappa shape index (κ3) is 3.94. The molecule has 108 valence electrons. The Morgan fingerprint density at radius 3 is 2.86 bits per heavy atom. The van der Waals surface area contributed by atoms with Gasteiger partial charge in [0.25, 0.3) is 5.91 Å².